The highest BCUT2D eigenvalue weighted by Crippen LogP contribution is 2.28. The van der Waals surface area contributed by atoms with Crippen molar-refractivity contribution in [2.75, 3.05) is 10.6 Å². The van der Waals surface area contributed by atoms with Crippen molar-refractivity contribution in [1.82, 2.24) is 29.8 Å². The second-order valence-electron chi connectivity index (χ2n) is 9.90. The van der Waals surface area contributed by atoms with Gasteiger partial charge < -0.3 is 16.0 Å². The van der Waals surface area contributed by atoms with Gasteiger partial charge >= 0.3 is 0 Å². The Balaban J connectivity index is 1.36. The number of imidazole rings is 1. The zero-order valence-corrected chi connectivity index (χ0v) is 22.5. The number of nitrogens with zero attached hydrogens (tertiary/aromatic N) is 5. The van der Waals surface area contributed by atoms with Gasteiger partial charge in [0, 0.05) is 49.0 Å². The summed E-state index contributed by atoms with van der Waals surface area (Å²) in [5.41, 5.74) is 2.01. The molecule has 39 heavy (non-hydrogen) atoms. The van der Waals surface area contributed by atoms with Gasteiger partial charge in [0.15, 0.2) is 0 Å². The maximum Gasteiger partial charge on any atom is 0.242 e. The minimum atomic E-state index is -0.433. The first-order valence-corrected chi connectivity index (χ1v) is 13.8. The van der Waals surface area contributed by atoms with Crippen LogP contribution in [0.4, 0.5) is 11.8 Å². The van der Waals surface area contributed by atoms with E-state index in [-0.39, 0.29) is 5.91 Å². The lowest BCUT2D eigenvalue weighted by atomic mass is 9.84. The normalized spacial score (nSPS) is 14.5. The summed E-state index contributed by atoms with van der Waals surface area (Å²) in [6.45, 7) is 0.953. The Hall–Kier alpha value is -3.98. The molecule has 0 aliphatic heterocycles. The van der Waals surface area contributed by atoms with E-state index >= 15 is 0 Å². The molecule has 1 aliphatic carbocycles. The second-order valence-corrected chi connectivity index (χ2v) is 10.3. The molecule has 3 heterocycles. The van der Waals surface area contributed by atoms with Crippen LogP contribution >= 0.6 is 11.6 Å². The van der Waals surface area contributed by atoms with Gasteiger partial charge in [0.05, 0.1) is 0 Å². The van der Waals surface area contributed by atoms with Crippen LogP contribution in [0.2, 0.25) is 5.02 Å². The number of carbonyl (C=O) groups excluding carboxylic acids is 1. The fraction of sp³-hybridized carbons (Fsp3) is 0.345. The summed E-state index contributed by atoms with van der Waals surface area (Å²) < 4.78 is 1.82. The molecule has 3 aromatic heterocycles. The summed E-state index contributed by atoms with van der Waals surface area (Å²) >= 11 is 6.02. The molecule has 1 atom stereocenters. The molecule has 9 nitrogen and oxygen atoms in total. The number of hydrogen-bond donors (Lipinski definition) is 3. The van der Waals surface area contributed by atoms with Gasteiger partial charge in [-0.3, -0.25) is 14.3 Å². The molecule has 10 heteroatoms. The summed E-state index contributed by atoms with van der Waals surface area (Å²) in [6.07, 6.45) is 15.5. The van der Waals surface area contributed by atoms with Crippen molar-refractivity contribution >= 4 is 29.3 Å². The van der Waals surface area contributed by atoms with Gasteiger partial charge in [0.2, 0.25) is 11.9 Å². The predicted molar refractivity (Wildman–Crippen MR) is 153 cm³/mol. The highest BCUT2D eigenvalue weighted by Gasteiger charge is 2.25. The number of anilines is 2. The first-order valence-electron chi connectivity index (χ1n) is 13.4. The van der Waals surface area contributed by atoms with Crippen LogP contribution in [0.1, 0.15) is 49.7 Å². The van der Waals surface area contributed by atoms with Crippen LogP contribution in [0.25, 0.3) is 5.82 Å². The molecule has 1 aromatic carbocycles. The van der Waals surface area contributed by atoms with Crippen molar-refractivity contribution < 1.29 is 4.79 Å². The van der Waals surface area contributed by atoms with Gasteiger partial charge in [0.25, 0.3) is 0 Å². The number of pyridine rings is 1. The molecule has 0 saturated heterocycles. The Bertz CT molecular complexity index is 1330. The largest absolute Gasteiger partial charge is 0.358 e. The highest BCUT2D eigenvalue weighted by atomic mass is 35.5. The summed E-state index contributed by atoms with van der Waals surface area (Å²) in [7, 11) is 0. The number of hydrogen-bond acceptors (Lipinski definition) is 7. The number of nitrogens with one attached hydrogen (secondary N) is 3. The van der Waals surface area contributed by atoms with Crippen molar-refractivity contribution in [1.29, 1.82) is 0 Å². The third-order valence-electron chi connectivity index (χ3n) is 6.97. The van der Waals surface area contributed by atoms with Crippen molar-refractivity contribution in [2.45, 2.75) is 57.7 Å². The minimum Gasteiger partial charge on any atom is -0.358 e. The second kappa shape index (κ2) is 13.2. The van der Waals surface area contributed by atoms with E-state index in [1.807, 2.05) is 53.2 Å². The van der Waals surface area contributed by atoms with Crippen LogP contribution in [0.15, 0.2) is 73.6 Å². The number of halogens is 1. The molecule has 202 valence electrons. The third-order valence-corrected chi connectivity index (χ3v) is 7.22. The van der Waals surface area contributed by atoms with E-state index in [2.05, 4.69) is 30.9 Å². The summed E-state index contributed by atoms with van der Waals surface area (Å²) in [6, 6.07) is 12.8. The monoisotopic (exact) mass is 544 g/mol. The zero-order chi connectivity index (χ0) is 26.9. The zero-order valence-electron chi connectivity index (χ0n) is 21.8. The van der Waals surface area contributed by atoms with Gasteiger partial charge in [-0.2, -0.15) is 9.97 Å². The van der Waals surface area contributed by atoms with E-state index in [0.29, 0.717) is 41.6 Å². The molecule has 0 radical (unpaired) electrons. The van der Waals surface area contributed by atoms with E-state index < -0.39 is 6.04 Å². The predicted octanol–water partition coefficient (Wildman–Crippen LogP) is 5.39. The molecular weight excluding hydrogens is 512 g/mol. The van der Waals surface area contributed by atoms with Crippen molar-refractivity contribution in [3.05, 3.63) is 89.7 Å². The van der Waals surface area contributed by atoms with E-state index in [1.54, 1.807) is 24.9 Å². The number of amides is 1. The molecule has 1 amide bonds. The summed E-state index contributed by atoms with van der Waals surface area (Å²) in [4.78, 5) is 31.2. The van der Waals surface area contributed by atoms with E-state index in [0.717, 1.165) is 30.4 Å². The number of carbonyl (C=O) groups is 1. The standard InChI is InChI=1S/C29H33ClN8O/c30-24-10-8-22(9-11-24)18-33-28(39)25(15-21-5-2-1-3-6-21)35-26-16-27(38-14-13-32-20-38)37-29(36-26)34-19-23-7-4-12-31-17-23/h4,7-14,16-17,20-21,25H,1-3,5-6,15,18-19H2,(H,33,39)(H2,34,35,36,37). The van der Waals surface area contributed by atoms with Crippen LogP contribution in [-0.4, -0.2) is 36.5 Å². The molecule has 1 saturated carbocycles. The Labute approximate surface area is 233 Å². The number of benzene rings is 1. The molecule has 1 unspecified atom stereocenters. The molecule has 0 spiro atoms. The fourth-order valence-electron chi connectivity index (χ4n) is 4.88. The third kappa shape index (κ3) is 7.77. The SMILES string of the molecule is O=C(NCc1ccc(Cl)cc1)C(CC1CCCCC1)Nc1cc(-n2ccnc2)nc(NCc2cccnc2)n1. The lowest BCUT2D eigenvalue weighted by molar-refractivity contribution is -0.122. The molecule has 0 bridgehead atoms. The van der Waals surface area contributed by atoms with Crippen LogP contribution < -0.4 is 16.0 Å². The number of rotatable bonds is 11. The Morgan fingerprint density at radius 1 is 1.00 bits per heavy atom. The smallest absolute Gasteiger partial charge is 0.242 e. The van der Waals surface area contributed by atoms with E-state index in [9.17, 15) is 4.79 Å². The molecule has 4 aromatic rings. The van der Waals surface area contributed by atoms with Gasteiger partial charge in [-0.15, -0.1) is 0 Å². The highest BCUT2D eigenvalue weighted by molar-refractivity contribution is 6.30. The summed E-state index contributed by atoms with van der Waals surface area (Å²) in [5, 5.41) is 10.5. The summed E-state index contributed by atoms with van der Waals surface area (Å²) in [5.74, 6) is 2.12. The van der Waals surface area contributed by atoms with E-state index in [1.165, 1.54) is 19.3 Å². The Kier molecular flexibility index (Phi) is 9.01. The first kappa shape index (κ1) is 26.6. The van der Waals surface area contributed by atoms with E-state index in [4.69, 9.17) is 16.6 Å². The van der Waals surface area contributed by atoms with Gasteiger partial charge in [-0.05, 0) is 41.7 Å². The van der Waals surface area contributed by atoms with Gasteiger partial charge in [-0.25, -0.2) is 4.98 Å². The quantitative estimate of drug-likeness (QED) is 0.232. The average Bonchev–Trinajstić information content (AvgIpc) is 3.52. The number of aromatic nitrogens is 5. The van der Waals surface area contributed by atoms with Crippen LogP contribution in [0.5, 0.6) is 0 Å². The van der Waals surface area contributed by atoms with Crippen molar-refractivity contribution in [3.8, 4) is 5.82 Å². The lowest BCUT2D eigenvalue weighted by Crippen LogP contribution is -2.41. The maximum absolute atomic E-state index is 13.5. The average molecular weight is 545 g/mol. The Morgan fingerprint density at radius 3 is 2.59 bits per heavy atom. The van der Waals surface area contributed by atoms with Crippen molar-refractivity contribution in [3.63, 3.8) is 0 Å². The molecule has 1 aliphatic rings. The minimum absolute atomic E-state index is 0.0526. The van der Waals surface area contributed by atoms with Gasteiger partial charge in [0.1, 0.15) is 24.0 Å². The molecule has 5 rings (SSSR count). The van der Waals surface area contributed by atoms with Crippen molar-refractivity contribution in [2.24, 2.45) is 5.92 Å². The molecule has 1 fully saturated rings. The lowest BCUT2D eigenvalue weighted by Gasteiger charge is -2.27. The molecular formula is C29H33ClN8O. The molecule has 3 N–H and O–H groups in total. The first-order chi connectivity index (χ1) is 19.1. The topological polar surface area (TPSA) is 110 Å². The maximum atomic E-state index is 13.5. The fourth-order valence-corrected chi connectivity index (χ4v) is 5.00. The van der Waals surface area contributed by atoms with Crippen LogP contribution in [0.3, 0.4) is 0 Å². The van der Waals surface area contributed by atoms with Crippen LogP contribution in [-0.2, 0) is 17.9 Å². The Morgan fingerprint density at radius 2 is 1.85 bits per heavy atom. The van der Waals surface area contributed by atoms with Gasteiger partial charge in [-0.1, -0.05) is 61.9 Å². The van der Waals surface area contributed by atoms with Crippen LogP contribution in [0, 0.1) is 5.92 Å².